The number of carbonyl (C=O) groups is 1. The Labute approximate surface area is 152 Å². The molecule has 1 atom stereocenters. The fourth-order valence-electron chi connectivity index (χ4n) is 3.63. The lowest BCUT2D eigenvalue weighted by Crippen LogP contribution is -2.43. The summed E-state index contributed by atoms with van der Waals surface area (Å²) < 4.78 is 1.85. The lowest BCUT2D eigenvalue weighted by atomic mass is 9.79. The van der Waals surface area contributed by atoms with Gasteiger partial charge in [0.1, 0.15) is 5.60 Å². The second-order valence-electron chi connectivity index (χ2n) is 6.75. The van der Waals surface area contributed by atoms with E-state index in [0.29, 0.717) is 12.0 Å². The maximum atomic E-state index is 12.6. The second kappa shape index (κ2) is 6.77. The number of aromatic nitrogens is 2. The molecule has 3 aromatic rings. The van der Waals surface area contributed by atoms with Crippen molar-refractivity contribution >= 4 is 5.91 Å². The average Bonchev–Trinajstić information content (AvgIpc) is 3.22. The van der Waals surface area contributed by atoms with Crippen molar-refractivity contribution in [3.63, 3.8) is 0 Å². The zero-order valence-electron chi connectivity index (χ0n) is 14.4. The van der Waals surface area contributed by atoms with Crippen LogP contribution in [-0.4, -0.2) is 27.1 Å². The molecule has 0 bridgehead atoms. The van der Waals surface area contributed by atoms with Crippen molar-refractivity contribution < 1.29 is 9.90 Å². The van der Waals surface area contributed by atoms with Crippen molar-refractivity contribution in [3.05, 3.63) is 83.9 Å². The molecule has 26 heavy (non-hydrogen) atoms. The summed E-state index contributed by atoms with van der Waals surface area (Å²) in [5.74, 6) is -0.191. The molecule has 5 heteroatoms. The first kappa shape index (κ1) is 16.5. The van der Waals surface area contributed by atoms with Gasteiger partial charge in [-0.05, 0) is 48.6 Å². The van der Waals surface area contributed by atoms with E-state index in [1.54, 1.807) is 18.6 Å². The molecule has 2 aromatic carbocycles. The van der Waals surface area contributed by atoms with Gasteiger partial charge in [-0.1, -0.05) is 30.3 Å². The van der Waals surface area contributed by atoms with Gasteiger partial charge < -0.3 is 15.0 Å². The Morgan fingerprint density at radius 2 is 2.12 bits per heavy atom. The number of nitrogens with one attached hydrogen (secondary N) is 1. The quantitative estimate of drug-likeness (QED) is 0.763. The number of fused-ring (bicyclic) bond motifs is 1. The largest absolute Gasteiger partial charge is 0.383 e. The number of hydrogen-bond donors (Lipinski definition) is 2. The van der Waals surface area contributed by atoms with Gasteiger partial charge in [-0.2, -0.15) is 0 Å². The van der Waals surface area contributed by atoms with Crippen molar-refractivity contribution in [2.75, 3.05) is 6.54 Å². The normalized spacial score (nSPS) is 19.0. The van der Waals surface area contributed by atoms with Crippen LogP contribution in [0.1, 0.15) is 34.3 Å². The van der Waals surface area contributed by atoms with E-state index >= 15 is 0 Å². The van der Waals surface area contributed by atoms with E-state index in [1.807, 2.05) is 47.2 Å². The molecule has 1 heterocycles. The average molecular weight is 347 g/mol. The third-order valence-corrected chi connectivity index (χ3v) is 5.01. The smallest absolute Gasteiger partial charge is 0.251 e. The van der Waals surface area contributed by atoms with Crippen molar-refractivity contribution in [2.45, 2.75) is 24.9 Å². The molecule has 0 saturated carbocycles. The van der Waals surface area contributed by atoms with Crippen LogP contribution in [0.3, 0.4) is 0 Å². The van der Waals surface area contributed by atoms with Gasteiger partial charge >= 0.3 is 0 Å². The number of rotatable bonds is 4. The van der Waals surface area contributed by atoms with Gasteiger partial charge in [0.2, 0.25) is 0 Å². The first-order chi connectivity index (χ1) is 12.7. The number of carbonyl (C=O) groups excluding carboxylic acids is 1. The SMILES string of the molecule is O=C(NCC1(O)CCCc2ccccc21)c1cccc(-n2ccnc2)c1. The second-order valence-corrected chi connectivity index (χ2v) is 6.75. The predicted octanol–water partition coefficient (Wildman–Crippen LogP) is 2.83. The topological polar surface area (TPSA) is 67.2 Å². The van der Waals surface area contributed by atoms with Gasteiger partial charge in [-0.3, -0.25) is 4.79 Å². The Kier molecular flexibility index (Phi) is 4.31. The lowest BCUT2D eigenvalue weighted by molar-refractivity contribution is 0.0189. The molecule has 0 radical (unpaired) electrons. The summed E-state index contributed by atoms with van der Waals surface area (Å²) in [6, 6.07) is 15.3. The molecule has 0 spiro atoms. The maximum absolute atomic E-state index is 12.6. The summed E-state index contributed by atoms with van der Waals surface area (Å²) in [7, 11) is 0. The molecular weight excluding hydrogens is 326 g/mol. The van der Waals surface area contributed by atoms with E-state index in [4.69, 9.17) is 0 Å². The summed E-state index contributed by atoms with van der Waals surface area (Å²) in [5.41, 5.74) is 2.52. The zero-order valence-corrected chi connectivity index (χ0v) is 14.4. The molecule has 2 N–H and O–H groups in total. The van der Waals surface area contributed by atoms with Crippen LogP contribution in [0.15, 0.2) is 67.3 Å². The van der Waals surface area contributed by atoms with Crippen LogP contribution < -0.4 is 5.32 Å². The lowest BCUT2D eigenvalue weighted by Gasteiger charge is -2.34. The van der Waals surface area contributed by atoms with Gasteiger partial charge in [-0.15, -0.1) is 0 Å². The third-order valence-electron chi connectivity index (χ3n) is 5.01. The van der Waals surface area contributed by atoms with Gasteiger partial charge in [0.15, 0.2) is 0 Å². The van der Waals surface area contributed by atoms with Crippen molar-refractivity contribution in [1.29, 1.82) is 0 Å². The maximum Gasteiger partial charge on any atom is 0.251 e. The Morgan fingerprint density at radius 3 is 2.96 bits per heavy atom. The minimum Gasteiger partial charge on any atom is -0.383 e. The number of hydrogen-bond acceptors (Lipinski definition) is 3. The summed E-state index contributed by atoms with van der Waals surface area (Å²) >= 11 is 0. The summed E-state index contributed by atoms with van der Waals surface area (Å²) in [6.07, 6.45) is 7.76. The summed E-state index contributed by atoms with van der Waals surface area (Å²) in [6.45, 7) is 0.206. The number of imidazole rings is 1. The highest BCUT2D eigenvalue weighted by atomic mass is 16.3. The van der Waals surface area contributed by atoms with Crippen LogP contribution in [0, 0.1) is 0 Å². The van der Waals surface area contributed by atoms with Gasteiger partial charge in [0.25, 0.3) is 5.91 Å². The minimum atomic E-state index is -1.01. The molecule has 4 rings (SSSR count). The molecule has 132 valence electrons. The molecule has 0 aliphatic heterocycles. The fraction of sp³-hybridized carbons (Fsp3) is 0.238. The van der Waals surface area contributed by atoms with E-state index in [2.05, 4.69) is 16.4 Å². The highest BCUT2D eigenvalue weighted by Gasteiger charge is 2.34. The Balaban J connectivity index is 1.51. The summed E-state index contributed by atoms with van der Waals surface area (Å²) in [4.78, 5) is 16.6. The molecule has 5 nitrogen and oxygen atoms in total. The van der Waals surface area contributed by atoms with Crippen LogP contribution in [0.4, 0.5) is 0 Å². The fourth-order valence-corrected chi connectivity index (χ4v) is 3.63. The molecule has 1 aliphatic carbocycles. The number of aryl methyl sites for hydroxylation is 1. The Bertz CT molecular complexity index is 921. The third kappa shape index (κ3) is 3.13. The van der Waals surface area contributed by atoms with Gasteiger partial charge in [0, 0.05) is 23.6 Å². The minimum absolute atomic E-state index is 0.191. The van der Waals surface area contributed by atoms with Crippen LogP contribution >= 0.6 is 0 Å². The summed E-state index contributed by atoms with van der Waals surface area (Å²) in [5, 5.41) is 14.0. The standard InChI is InChI=1S/C21H21N3O2/c25-20(17-6-3-8-18(13-17)24-12-11-22-15-24)23-14-21(26)10-4-7-16-5-1-2-9-19(16)21/h1-3,5-6,8-9,11-13,15,26H,4,7,10,14H2,(H,23,25). The van der Waals surface area contributed by atoms with E-state index < -0.39 is 5.60 Å². The molecular formula is C21H21N3O2. The number of aliphatic hydroxyl groups is 1. The monoisotopic (exact) mass is 347 g/mol. The van der Waals surface area contributed by atoms with Crippen molar-refractivity contribution in [2.24, 2.45) is 0 Å². The molecule has 0 fully saturated rings. The van der Waals surface area contributed by atoms with Crippen molar-refractivity contribution in [3.8, 4) is 5.69 Å². The van der Waals surface area contributed by atoms with Crippen LogP contribution in [0.2, 0.25) is 0 Å². The van der Waals surface area contributed by atoms with Crippen LogP contribution in [0.5, 0.6) is 0 Å². The van der Waals surface area contributed by atoms with E-state index in [0.717, 1.165) is 29.7 Å². The molecule has 0 saturated heterocycles. The first-order valence-corrected chi connectivity index (χ1v) is 8.83. The van der Waals surface area contributed by atoms with E-state index in [9.17, 15) is 9.90 Å². The van der Waals surface area contributed by atoms with E-state index in [-0.39, 0.29) is 12.5 Å². The van der Waals surface area contributed by atoms with E-state index in [1.165, 1.54) is 0 Å². The molecule has 1 amide bonds. The molecule has 1 unspecified atom stereocenters. The van der Waals surface area contributed by atoms with Crippen molar-refractivity contribution in [1.82, 2.24) is 14.9 Å². The zero-order chi connectivity index (χ0) is 18.0. The van der Waals surface area contributed by atoms with Crippen LogP contribution in [0.25, 0.3) is 5.69 Å². The highest BCUT2D eigenvalue weighted by Crippen LogP contribution is 2.34. The van der Waals surface area contributed by atoms with Crippen LogP contribution in [-0.2, 0) is 12.0 Å². The molecule has 1 aromatic heterocycles. The number of benzene rings is 2. The number of nitrogens with zero attached hydrogens (tertiary/aromatic N) is 2. The highest BCUT2D eigenvalue weighted by molar-refractivity contribution is 5.94. The van der Waals surface area contributed by atoms with Gasteiger partial charge in [-0.25, -0.2) is 4.98 Å². The Morgan fingerprint density at radius 1 is 1.23 bits per heavy atom. The Hall–Kier alpha value is -2.92. The predicted molar refractivity (Wildman–Crippen MR) is 99.2 cm³/mol. The van der Waals surface area contributed by atoms with Gasteiger partial charge in [0.05, 0.1) is 12.9 Å². The first-order valence-electron chi connectivity index (χ1n) is 8.83. The molecule has 1 aliphatic rings. The number of amides is 1.